The summed E-state index contributed by atoms with van der Waals surface area (Å²) in [5.41, 5.74) is 7.58. The number of rotatable bonds is 6. The van der Waals surface area contributed by atoms with E-state index in [-0.39, 0.29) is 6.04 Å². The van der Waals surface area contributed by atoms with Crippen molar-refractivity contribution in [1.29, 1.82) is 0 Å². The van der Waals surface area contributed by atoms with Crippen molar-refractivity contribution in [2.24, 2.45) is 11.7 Å². The van der Waals surface area contributed by atoms with Gasteiger partial charge in [-0.1, -0.05) is 48.8 Å². The maximum Gasteiger partial charge on any atom is 0.0448 e. The van der Waals surface area contributed by atoms with Crippen molar-refractivity contribution < 1.29 is 0 Å². The van der Waals surface area contributed by atoms with Gasteiger partial charge < -0.3 is 5.73 Å². The van der Waals surface area contributed by atoms with Crippen LogP contribution in [0.15, 0.2) is 28.7 Å². The van der Waals surface area contributed by atoms with Gasteiger partial charge in [-0.05, 0) is 35.8 Å². The highest BCUT2D eigenvalue weighted by molar-refractivity contribution is 9.10. The summed E-state index contributed by atoms with van der Waals surface area (Å²) < 4.78 is 1.12. The van der Waals surface area contributed by atoms with Crippen molar-refractivity contribution in [3.63, 3.8) is 0 Å². The highest BCUT2D eigenvalue weighted by atomic mass is 79.9. The quantitative estimate of drug-likeness (QED) is 0.829. The van der Waals surface area contributed by atoms with Crippen molar-refractivity contribution in [1.82, 2.24) is 0 Å². The average Bonchev–Trinajstić information content (AvgIpc) is 2.30. The minimum Gasteiger partial charge on any atom is -0.326 e. The van der Waals surface area contributed by atoms with E-state index >= 15 is 0 Å². The Balaban J connectivity index is 2.78. The SMILES string of the molecule is CCC(N)C(SCC(C)C)c1ccc(Br)cc1. The lowest BCUT2D eigenvalue weighted by molar-refractivity contribution is 0.630. The zero-order chi connectivity index (χ0) is 12.8. The van der Waals surface area contributed by atoms with Crippen molar-refractivity contribution in [3.8, 4) is 0 Å². The zero-order valence-electron chi connectivity index (χ0n) is 10.8. The van der Waals surface area contributed by atoms with Crippen LogP contribution in [0.25, 0.3) is 0 Å². The summed E-state index contributed by atoms with van der Waals surface area (Å²) in [7, 11) is 0. The number of hydrogen-bond donors (Lipinski definition) is 1. The van der Waals surface area contributed by atoms with Gasteiger partial charge in [0, 0.05) is 15.8 Å². The molecule has 3 heteroatoms. The second-order valence-electron chi connectivity index (χ2n) is 4.77. The van der Waals surface area contributed by atoms with Crippen LogP contribution in [0.1, 0.15) is 38.0 Å². The van der Waals surface area contributed by atoms with Crippen molar-refractivity contribution in [3.05, 3.63) is 34.3 Å². The van der Waals surface area contributed by atoms with Crippen LogP contribution in [-0.4, -0.2) is 11.8 Å². The Morgan fingerprint density at radius 1 is 1.24 bits per heavy atom. The first-order chi connectivity index (χ1) is 8.04. The summed E-state index contributed by atoms with van der Waals surface area (Å²) in [6.07, 6.45) is 1.02. The van der Waals surface area contributed by atoms with Crippen LogP contribution in [0.3, 0.4) is 0 Å². The third-order valence-corrected chi connectivity index (χ3v) is 5.04. The fourth-order valence-electron chi connectivity index (χ4n) is 1.63. The topological polar surface area (TPSA) is 26.0 Å². The summed E-state index contributed by atoms with van der Waals surface area (Å²) in [6, 6.07) is 8.79. The molecule has 0 aromatic heterocycles. The molecule has 1 rings (SSSR count). The summed E-state index contributed by atoms with van der Waals surface area (Å²) >= 11 is 5.45. The first kappa shape index (κ1) is 15.1. The van der Waals surface area contributed by atoms with Gasteiger partial charge in [-0.3, -0.25) is 0 Å². The Labute approximate surface area is 118 Å². The van der Waals surface area contributed by atoms with E-state index in [1.54, 1.807) is 0 Å². The van der Waals surface area contributed by atoms with Crippen LogP contribution in [0, 0.1) is 5.92 Å². The predicted octanol–water partition coefficient (Wildman–Crippen LogP) is 4.62. The second-order valence-corrected chi connectivity index (χ2v) is 6.86. The third-order valence-electron chi connectivity index (χ3n) is 2.67. The molecule has 0 amide bonds. The van der Waals surface area contributed by atoms with Gasteiger partial charge in [-0.2, -0.15) is 11.8 Å². The molecule has 0 aliphatic carbocycles. The molecule has 96 valence electrons. The molecule has 0 heterocycles. The molecule has 1 nitrogen and oxygen atoms in total. The molecular weight excluding hydrogens is 294 g/mol. The Kier molecular flexibility index (Phi) is 6.60. The standard InChI is InChI=1S/C14H22BrNS/c1-4-13(16)14(17-9-10(2)3)11-5-7-12(15)8-6-11/h5-8,10,13-14H,4,9,16H2,1-3H3. The maximum absolute atomic E-state index is 6.24. The molecule has 2 atom stereocenters. The number of nitrogens with two attached hydrogens (primary N) is 1. The van der Waals surface area contributed by atoms with E-state index < -0.39 is 0 Å². The molecule has 0 bridgehead atoms. The molecule has 1 aromatic rings. The van der Waals surface area contributed by atoms with Crippen LogP contribution in [0.2, 0.25) is 0 Å². The van der Waals surface area contributed by atoms with E-state index in [0.29, 0.717) is 11.2 Å². The van der Waals surface area contributed by atoms with Crippen molar-refractivity contribution in [2.75, 3.05) is 5.75 Å². The summed E-state index contributed by atoms with van der Waals surface area (Å²) in [5.74, 6) is 1.87. The molecule has 2 N–H and O–H groups in total. The van der Waals surface area contributed by atoms with Gasteiger partial charge in [0.15, 0.2) is 0 Å². The molecule has 0 aliphatic heterocycles. The van der Waals surface area contributed by atoms with Crippen molar-refractivity contribution >= 4 is 27.7 Å². The second kappa shape index (κ2) is 7.45. The molecule has 1 aromatic carbocycles. The van der Waals surface area contributed by atoms with Gasteiger partial charge in [0.05, 0.1) is 0 Å². The van der Waals surface area contributed by atoms with Crippen LogP contribution in [-0.2, 0) is 0 Å². The number of halogens is 1. The average molecular weight is 316 g/mol. The van der Waals surface area contributed by atoms with E-state index in [1.807, 2.05) is 11.8 Å². The van der Waals surface area contributed by atoms with Crippen LogP contribution < -0.4 is 5.73 Å². The molecule has 0 saturated heterocycles. The van der Waals surface area contributed by atoms with Gasteiger partial charge in [-0.25, -0.2) is 0 Å². The Bertz CT molecular complexity index is 323. The van der Waals surface area contributed by atoms with Gasteiger partial charge >= 0.3 is 0 Å². The smallest absolute Gasteiger partial charge is 0.0448 e. The lowest BCUT2D eigenvalue weighted by Crippen LogP contribution is -2.26. The van der Waals surface area contributed by atoms with E-state index in [9.17, 15) is 0 Å². The largest absolute Gasteiger partial charge is 0.326 e. The van der Waals surface area contributed by atoms with Crippen LogP contribution >= 0.6 is 27.7 Å². The fraction of sp³-hybridized carbons (Fsp3) is 0.571. The van der Waals surface area contributed by atoms with Gasteiger partial charge in [0.2, 0.25) is 0 Å². The van der Waals surface area contributed by atoms with E-state index in [1.165, 1.54) is 5.56 Å². The molecule has 0 spiro atoms. The van der Waals surface area contributed by atoms with Gasteiger partial charge in [0.25, 0.3) is 0 Å². The molecular formula is C14H22BrNS. The highest BCUT2D eigenvalue weighted by Gasteiger charge is 2.19. The lowest BCUT2D eigenvalue weighted by atomic mass is 10.0. The summed E-state index contributed by atoms with van der Waals surface area (Å²) in [5, 5.41) is 0.413. The minimum atomic E-state index is 0.236. The number of thioether (sulfide) groups is 1. The van der Waals surface area contributed by atoms with Crippen LogP contribution in [0.5, 0.6) is 0 Å². The van der Waals surface area contributed by atoms with E-state index in [4.69, 9.17) is 5.73 Å². The molecule has 0 aliphatic rings. The molecule has 0 fully saturated rings. The fourth-order valence-corrected chi connectivity index (χ4v) is 3.28. The van der Waals surface area contributed by atoms with Gasteiger partial charge in [0.1, 0.15) is 0 Å². The normalized spacial score (nSPS) is 14.9. The minimum absolute atomic E-state index is 0.236. The zero-order valence-corrected chi connectivity index (χ0v) is 13.2. The Morgan fingerprint density at radius 3 is 2.29 bits per heavy atom. The van der Waals surface area contributed by atoms with Gasteiger partial charge in [-0.15, -0.1) is 0 Å². The molecule has 17 heavy (non-hydrogen) atoms. The first-order valence-corrected chi connectivity index (χ1v) is 8.01. The molecule has 0 saturated carbocycles. The predicted molar refractivity (Wildman–Crippen MR) is 82.4 cm³/mol. The van der Waals surface area contributed by atoms with Crippen molar-refractivity contribution in [2.45, 2.75) is 38.5 Å². The van der Waals surface area contributed by atoms with E-state index in [0.717, 1.165) is 16.6 Å². The Morgan fingerprint density at radius 2 is 1.82 bits per heavy atom. The lowest BCUT2D eigenvalue weighted by Gasteiger charge is -2.24. The maximum atomic E-state index is 6.24. The molecule has 2 unspecified atom stereocenters. The highest BCUT2D eigenvalue weighted by Crippen LogP contribution is 2.34. The first-order valence-electron chi connectivity index (χ1n) is 6.17. The van der Waals surface area contributed by atoms with Crippen LogP contribution in [0.4, 0.5) is 0 Å². The summed E-state index contributed by atoms with van der Waals surface area (Å²) in [6.45, 7) is 6.67. The Hall–Kier alpha value is 0.01000. The number of hydrogen-bond acceptors (Lipinski definition) is 2. The third kappa shape index (κ3) is 5.02. The van der Waals surface area contributed by atoms with E-state index in [2.05, 4.69) is 61.0 Å². The monoisotopic (exact) mass is 315 g/mol. The number of benzene rings is 1. The summed E-state index contributed by atoms with van der Waals surface area (Å²) in [4.78, 5) is 0. The molecule has 0 radical (unpaired) electrons.